The monoisotopic (exact) mass is 959 g/mol. The van der Waals surface area contributed by atoms with Crippen LogP contribution in [0, 0.1) is 47.1 Å². The third kappa shape index (κ3) is 14.8. The van der Waals surface area contributed by atoms with E-state index in [2.05, 4.69) is 75.9 Å². The summed E-state index contributed by atoms with van der Waals surface area (Å²) in [4.78, 5) is 73.2. The minimum Gasteiger partial charge on any atom is -0.465 e. The van der Waals surface area contributed by atoms with E-state index in [0.29, 0.717) is 87.2 Å². The van der Waals surface area contributed by atoms with Crippen molar-refractivity contribution in [2.75, 3.05) is 88.1 Å². The van der Waals surface area contributed by atoms with E-state index in [1.54, 1.807) is 0 Å². The second-order valence-electron chi connectivity index (χ2n) is 19.6. The quantitative estimate of drug-likeness (QED) is 0.0819. The molecular formula is C46H76F2N14O6. The Balaban J connectivity index is 0.000000254. The van der Waals surface area contributed by atoms with Gasteiger partial charge in [-0.15, -0.1) is 0 Å². The van der Waals surface area contributed by atoms with E-state index in [9.17, 15) is 19.2 Å². The van der Waals surface area contributed by atoms with Crippen LogP contribution in [0.15, 0.2) is 0 Å². The molecule has 6 rings (SSSR count). The van der Waals surface area contributed by atoms with Crippen LogP contribution >= 0.6 is 0 Å². The van der Waals surface area contributed by atoms with Crippen molar-refractivity contribution < 1.29 is 38.2 Å². The largest absolute Gasteiger partial charge is 0.465 e. The highest BCUT2D eigenvalue weighted by Gasteiger charge is 2.36. The molecule has 0 bridgehead atoms. The molecule has 0 radical (unpaired) electrons. The van der Waals surface area contributed by atoms with E-state index in [1.165, 1.54) is 0 Å². The Morgan fingerprint density at radius 3 is 1.26 bits per heavy atom. The number of carboxylic acid groups (broad SMARTS) is 2. The number of carbonyl (C=O) groups is 4. The Bertz CT molecular complexity index is 1870. The molecule has 0 spiro atoms. The van der Waals surface area contributed by atoms with Crippen molar-refractivity contribution >= 4 is 47.3 Å². The number of likely N-dealkylation sites (N-methyl/N-ethyl adjacent to an activating group) is 2. The number of aromatic nitrogens is 4. The Morgan fingerprint density at radius 2 is 0.971 bits per heavy atom. The van der Waals surface area contributed by atoms with Crippen LogP contribution in [0.1, 0.15) is 104 Å². The van der Waals surface area contributed by atoms with Crippen molar-refractivity contribution in [2.24, 2.45) is 35.5 Å². The van der Waals surface area contributed by atoms with Gasteiger partial charge < -0.3 is 40.4 Å². The van der Waals surface area contributed by atoms with E-state index >= 15 is 8.78 Å². The van der Waals surface area contributed by atoms with Crippen LogP contribution in [0.4, 0.5) is 41.6 Å². The average Bonchev–Trinajstić information content (AvgIpc) is 4.15. The van der Waals surface area contributed by atoms with Crippen molar-refractivity contribution in [3.8, 4) is 0 Å². The Kier molecular flexibility index (Phi) is 19.9. The second-order valence-corrected chi connectivity index (χ2v) is 19.6. The van der Waals surface area contributed by atoms with E-state index in [4.69, 9.17) is 10.2 Å². The molecule has 2 aromatic heterocycles. The zero-order valence-corrected chi connectivity index (χ0v) is 41.2. The van der Waals surface area contributed by atoms with Gasteiger partial charge in [-0.2, -0.15) is 8.78 Å². The van der Waals surface area contributed by atoms with Gasteiger partial charge >= 0.3 is 12.2 Å². The van der Waals surface area contributed by atoms with E-state index < -0.39 is 35.7 Å². The minimum absolute atomic E-state index is 0.00858. The van der Waals surface area contributed by atoms with Crippen LogP contribution in [0.5, 0.6) is 0 Å². The zero-order valence-electron chi connectivity index (χ0n) is 41.2. The fourth-order valence-corrected chi connectivity index (χ4v) is 10.2. The standard InChI is InChI=1S/2C23H38FN7O3/c2*1-5-18-26-20(19(24)21(27-18)31-12-14(2)17(13-31)30(3)4)28-29-22(32)16(11-25-23(33)34)10-15-8-6-7-9-15/h2*14-17,25H,5-13H2,1-4H3,(H,29,32)(H,33,34)(H,26,27,28)/t2*14-,16+,17-/m00/s1. The summed E-state index contributed by atoms with van der Waals surface area (Å²) in [6.45, 7) is 10.7. The summed E-state index contributed by atoms with van der Waals surface area (Å²) in [5.41, 5.74) is 10.4. The van der Waals surface area contributed by atoms with Crippen molar-refractivity contribution in [3.63, 3.8) is 0 Å². The maximum Gasteiger partial charge on any atom is 0.404 e. The molecule has 380 valence electrons. The number of hydrogen-bond donors (Lipinski definition) is 8. The molecule has 68 heavy (non-hydrogen) atoms. The predicted octanol–water partition coefficient (Wildman–Crippen LogP) is 4.94. The number of anilines is 4. The predicted molar refractivity (Wildman–Crippen MR) is 256 cm³/mol. The first kappa shape index (κ1) is 53.6. The van der Waals surface area contributed by atoms with Crippen LogP contribution in [-0.4, -0.2) is 143 Å². The highest BCUT2D eigenvalue weighted by atomic mass is 19.1. The normalized spacial score (nSPS) is 21.6. The van der Waals surface area contributed by atoms with Crippen LogP contribution in [0.2, 0.25) is 0 Å². The summed E-state index contributed by atoms with van der Waals surface area (Å²) >= 11 is 0. The van der Waals surface area contributed by atoms with Crippen molar-refractivity contribution in [1.29, 1.82) is 0 Å². The highest BCUT2D eigenvalue weighted by Crippen LogP contribution is 2.33. The number of nitrogens with one attached hydrogen (secondary N) is 6. The minimum atomic E-state index is -1.17. The van der Waals surface area contributed by atoms with Gasteiger partial charge in [0.1, 0.15) is 11.6 Å². The molecule has 4 aliphatic rings. The molecule has 20 nitrogen and oxygen atoms in total. The molecule has 2 aliphatic carbocycles. The third-order valence-corrected chi connectivity index (χ3v) is 14.0. The van der Waals surface area contributed by atoms with E-state index in [0.717, 1.165) is 51.4 Å². The van der Waals surface area contributed by atoms with Gasteiger partial charge in [-0.3, -0.25) is 31.3 Å². The number of hydrazine groups is 2. The maximum absolute atomic E-state index is 15.4. The van der Waals surface area contributed by atoms with Gasteiger partial charge in [-0.1, -0.05) is 79.1 Å². The van der Waals surface area contributed by atoms with Gasteiger partial charge in [0.05, 0.1) is 11.8 Å². The lowest BCUT2D eigenvalue weighted by Crippen LogP contribution is -2.42. The SMILES string of the molecule is CCc1nc(NNC(=O)[C@@H](CNC(=O)O)CC2CCCC2)c(F)c(N2C[C@H](C)[C@@H](N(C)C)C2)n1.CCc1nc(NNC(=O)[C@@H](CNC(=O)O)CC2CCCC2)c(F)c(N2C[C@H](C)[C@@H](N(C)C)C2)n1. The molecule has 2 saturated heterocycles. The number of carbonyl (C=O) groups excluding carboxylic acids is 2. The van der Waals surface area contributed by atoms with Gasteiger partial charge in [0, 0.05) is 64.2 Å². The summed E-state index contributed by atoms with van der Waals surface area (Å²) < 4.78 is 30.9. The van der Waals surface area contributed by atoms with Crippen molar-refractivity contribution in [1.82, 2.24) is 51.2 Å². The first-order chi connectivity index (χ1) is 32.4. The highest BCUT2D eigenvalue weighted by molar-refractivity contribution is 5.81. The van der Waals surface area contributed by atoms with Crippen LogP contribution in [-0.2, 0) is 22.4 Å². The van der Waals surface area contributed by atoms with E-state index in [1.807, 2.05) is 51.8 Å². The number of hydrogen-bond acceptors (Lipinski definition) is 14. The van der Waals surface area contributed by atoms with Gasteiger partial charge in [-0.25, -0.2) is 29.5 Å². The Hall–Kier alpha value is -5.38. The molecule has 6 atom stereocenters. The lowest BCUT2D eigenvalue weighted by molar-refractivity contribution is -0.125. The summed E-state index contributed by atoms with van der Waals surface area (Å²) in [6, 6.07) is 0.572. The topological polar surface area (TPSA) is 245 Å². The molecule has 0 aromatic carbocycles. The van der Waals surface area contributed by atoms with Crippen LogP contribution < -0.4 is 42.1 Å². The Labute approximate surface area is 399 Å². The summed E-state index contributed by atoms with van der Waals surface area (Å²) in [7, 11) is 8.06. The maximum atomic E-state index is 15.4. The fraction of sp³-hybridized carbons (Fsp3) is 0.739. The molecule has 8 N–H and O–H groups in total. The summed E-state index contributed by atoms with van der Waals surface area (Å²) in [5.74, 6) is -0.371. The molecule has 0 unspecified atom stereocenters. The smallest absolute Gasteiger partial charge is 0.404 e. The molecular weight excluding hydrogens is 883 g/mol. The number of amides is 4. The average molecular weight is 959 g/mol. The molecule has 4 amide bonds. The summed E-state index contributed by atoms with van der Waals surface area (Å²) in [6.07, 6.45) is 8.52. The van der Waals surface area contributed by atoms with E-state index in [-0.39, 0.29) is 60.3 Å². The number of rotatable bonds is 20. The Morgan fingerprint density at radius 1 is 0.618 bits per heavy atom. The number of halogens is 2. The third-order valence-electron chi connectivity index (χ3n) is 14.0. The molecule has 2 aromatic rings. The second kappa shape index (κ2) is 25.3. The van der Waals surface area contributed by atoms with Gasteiger partial charge in [0.2, 0.25) is 23.4 Å². The van der Waals surface area contributed by atoms with Crippen LogP contribution in [0.3, 0.4) is 0 Å². The van der Waals surface area contributed by atoms with Crippen molar-refractivity contribution in [3.05, 3.63) is 23.3 Å². The van der Waals surface area contributed by atoms with Crippen molar-refractivity contribution in [2.45, 2.75) is 117 Å². The summed E-state index contributed by atoms with van der Waals surface area (Å²) in [5, 5.41) is 22.6. The van der Waals surface area contributed by atoms with Gasteiger partial charge in [-0.05, 0) is 64.7 Å². The fourth-order valence-electron chi connectivity index (χ4n) is 10.2. The van der Waals surface area contributed by atoms with Gasteiger partial charge in [0.15, 0.2) is 23.3 Å². The molecule has 22 heteroatoms. The van der Waals surface area contributed by atoms with Crippen LogP contribution in [0.25, 0.3) is 0 Å². The number of nitrogens with zero attached hydrogens (tertiary/aromatic N) is 8. The lowest BCUT2D eigenvalue weighted by Gasteiger charge is -2.23. The lowest BCUT2D eigenvalue weighted by atomic mass is 9.92. The zero-order chi connectivity index (χ0) is 49.7. The molecule has 4 fully saturated rings. The first-order valence-electron chi connectivity index (χ1n) is 24.4. The number of aryl methyl sites for hydroxylation is 2. The molecule has 4 heterocycles. The van der Waals surface area contributed by atoms with Gasteiger partial charge in [0.25, 0.3) is 0 Å². The first-order valence-corrected chi connectivity index (χ1v) is 24.4. The molecule has 2 aliphatic heterocycles. The molecule has 2 saturated carbocycles.